The molecule has 1 saturated carbocycles. The zero-order valence-electron chi connectivity index (χ0n) is 16.2. The van der Waals surface area contributed by atoms with E-state index in [1.807, 2.05) is 11.5 Å². The van der Waals surface area contributed by atoms with Crippen molar-refractivity contribution < 1.29 is 14.0 Å². The van der Waals surface area contributed by atoms with Crippen LogP contribution in [0.5, 0.6) is 0 Å². The van der Waals surface area contributed by atoms with Crippen molar-refractivity contribution in [2.45, 2.75) is 37.5 Å². The van der Waals surface area contributed by atoms with Crippen LogP contribution in [0.25, 0.3) is 6.08 Å². The number of hydrogen-bond donors (Lipinski definition) is 0. The summed E-state index contributed by atoms with van der Waals surface area (Å²) in [5.74, 6) is -0.186. The van der Waals surface area contributed by atoms with E-state index in [0.29, 0.717) is 18.7 Å². The summed E-state index contributed by atoms with van der Waals surface area (Å²) in [7, 11) is 0. The van der Waals surface area contributed by atoms with Crippen molar-refractivity contribution in [3.8, 4) is 0 Å². The molecule has 0 spiro atoms. The summed E-state index contributed by atoms with van der Waals surface area (Å²) in [5, 5.41) is 2.93. The number of hydrogen-bond acceptors (Lipinski definition) is 6. The average molecular weight is 431 g/mol. The third kappa shape index (κ3) is 4.85. The molecule has 2 fully saturated rings. The quantitative estimate of drug-likeness (QED) is 0.663. The molecular weight excluding hydrogens is 407 g/mol. The maximum absolute atomic E-state index is 14.6. The molecule has 152 valence electrons. The van der Waals surface area contributed by atoms with Gasteiger partial charge >= 0.3 is 0 Å². The molecule has 2 unspecified atom stereocenters. The van der Waals surface area contributed by atoms with Crippen molar-refractivity contribution in [3.63, 3.8) is 0 Å². The SMILES string of the molecule is CC(=O)SC1CCN(C(C(=O)C2CC2)c2ccccc2F)C/C1=C/c1nccs1. The van der Waals surface area contributed by atoms with E-state index in [1.54, 1.807) is 42.7 Å². The van der Waals surface area contributed by atoms with Crippen molar-refractivity contribution >= 4 is 40.1 Å². The van der Waals surface area contributed by atoms with Gasteiger partial charge in [0.2, 0.25) is 0 Å². The van der Waals surface area contributed by atoms with Gasteiger partial charge in [-0.25, -0.2) is 9.37 Å². The molecular formula is C22H23FN2O2S2. The number of likely N-dealkylation sites (tertiary alicyclic amines) is 1. The van der Waals surface area contributed by atoms with E-state index >= 15 is 0 Å². The molecule has 1 aromatic carbocycles. The van der Waals surface area contributed by atoms with Crippen LogP contribution in [0, 0.1) is 11.7 Å². The first kappa shape index (κ1) is 20.4. The number of carbonyl (C=O) groups excluding carboxylic acids is 2. The molecule has 0 N–H and O–H groups in total. The molecule has 2 aliphatic rings. The van der Waals surface area contributed by atoms with E-state index < -0.39 is 6.04 Å². The highest BCUT2D eigenvalue weighted by Gasteiger charge is 2.41. The molecule has 4 nitrogen and oxygen atoms in total. The van der Waals surface area contributed by atoms with Crippen LogP contribution in [0.15, 0.2) is 41.4 Å². The number of carbonyl (C=O) groups is 2. The Hall–Kier alpha value is -1.83. The fourth-order valence-corrected chi connectivity index (χ4v) is 5.38. The fraction of sp³-hybridized carbons (Fsp3) is 0.409. The summed E-state index contributed by atoms with van der Waals surface area (Å²) in [4.78, 5) is 31.3. The van der Waals surface area contributed by atoms with Gasteiger partial charge in [0.1, 0.15) is 10.8 Å². The normalized spacial score (nSPS) is 22.6. The number of halogens is 1. The van der Waals surface area contributed by atoms with Gasteiger partial charge in [0.15, 0.2) is 10.9 Å². The Balaban J connectivity index is 1.66. The van der Waals surface area contributed by atoms with Crippen LogP contribution in [0.1, 0.15) is 42.8 Å². The first-order valence-electron chi connectivity index (χ1n) is 9.82. The van der Waals surface area contributed by atoms with Gasteiger partial charge in [-0.1, -0.05) is 30.0 Å². The summed E-state index contributed by atoms with van der Waals surface area (Å²) in [6.45, 7) is 2.76. The molecule has 29 heavy (non-hydrogen) atoms. The largest absolute Gasteiger partial charge is 0.297 e. The number of thioether (sulfide) groups is 1. The smallest absolute Gasteiger partial charge is 0.186 e. The standard InChI is InChI=1S/C22H23FN2O2S2/c1-14(26)29-19-8-10-25(13-16(19)12-20-24-9-11-28-20)21(22(27)15-6-7-15)17-4-2-3-5-18(17)23/h2-5,9,11-12,15,19,21H,6-8,10,13H2,1H3/b16-12-. The lowest BCUT2D eigenvalue weighted by molar-refractivity contribution is -0.126. The van der Waals surface area contributed by atoms with Gasteiger partial charge in [-0.15, -0.1) is 11.3 Å². The zero-order valence-corrected chi connectivity index (χ0v) is 17.8. The molecule has 1 aromatic heterocycles. The molecule has 4 rings (SSSR count). The molecule has 1 aliphatic heterocycles. The van der Waals surface area contributed by atoms with Crippen molar-refractivity contribution in [3.05, 3.63) is 57.8 Å². The molecule has 1 aliphatic carbocycles. The lowest BCUT2D eigenvalue weighted by atomic mass is 9.93. The Bertz CT molecular complexity index is 925. The number of Topliss-reactive ketones (excluding diaryl/α,β-unsaturated/α-hetero) is 1. The van der Waals surface area contributed by atoms with Crippen LogP contribution in [-0.2, 0) is 9.59 Å². The first-order chi connectivity index (χ1) is 14.0. The van der Waals surface area contributed by atoms with Crippen LogP contribution in [0.2, 0.25) is 0 Å². The van der Waals surface area contributed by atoms with Crippen LogP contribution >= 0.6 is 23.1 Å². The molecule has 1 saturated heterocycles. The summed E-state index contributed by atoms with van der Waals surface area (Å²) in [5.41, 5.74) is 1.52. The summed E-state index contributed by atoms with van der Waals surface area (Å²) < 4.78 is 14.6. The monoisotopic (exact) mass is 430 g/mol. The topological polar surface area (TPSA) is 50.3 Å². The van der Waals surface area contributed by atoms with Crippen molar-refractivity contribution in [1.29, 1.82) is 0 Å². The molecule has 2 aromatic rings. The van der Waals surface area contributed by atoms with Crippen LogP contribution < -0.4 is 0 Å². The Labute approximate surface area is 178 Å². The van der Waals surface area contributed by atoms with E-state index in [2.05, 4.69) is 9.88 Å². The van der Waals surface area contributed by atoms with Gasteiger partial charge in [0, 0.05) is 48.3 Å². The molecule has 0 bridgehead atoms. The summed E-state index contributed by atoms with van der Waals surface area (Å²) >= 11 is 2.87. The van der Waals surface area contributed by atoms with E-state index in [9.17, 15) is 14.0 Å². The van der Waals surface area contributed by atoms with Gasteiger partial charge in [-0.3, -0.25) is 14.5 Å². The lowest BCUT2D eigenvalue weighted by Crippen LogP contribution is -2.43. The highest BCUT2D eigenvalue weighted by Crippen LogP contribution is 2.40. The van der Waals surface area contributed by atoms with Crippen molar-refractivity contribution in [2.24, 2.45) is 5.92 Å². The minimum atomic E-state index is -0.577. The Morgan fingerprint density at radius 1 is 1.31 bits per heavy atom. The third-order valence-corrected chi connectivity index (χ3v) is 7.24. The number of piperidine rings is 1. The number of nitrogens with zero attached hydrogens (tertiary/aromatic N) is 2. The predicted molar refractivity (Wildman–Crippen MR) is 115 cm³/mol. The number of thiazole rings is 1. The van der Waals surface area contributed by atoms with E-state index in [1.165, 1.54) is 17.8 Å². The Morgan fingerprint density at radius 3 is 2.76 bits per heavy atom. The maximum atomic E-state index is 14.6. The molecule has 0 amide bonds. The summed E-state index contributed by atoms with van der Waals surface area (Å²) in [6, 6.07) is 6.01. The zero-order chi connectivity index (χ0) is 20.4. The van der Waals surface area contributed by atoms with E-state index in [0.717, 1.165) is 29.8 Å². The van der Waals surface area contributed by atoms with Crippen LogP contribution in [0.4, 0.5) is 4.39 Å². The number of rotatable bonds is 6. The highest BCUT2D eigenvalue weighted by atomic mass is 32.2. The minimum absolute atomic E-state index is 0.0373. The second-order valence-corrected chi connectivity index (χ2v) is 9.85. The number of ketones is 1. The third-order valence-electron chi connectivity index (χ3n) is 5.36. The van der Waals surface area contributed by atoms with Crippen molar-refractivity contribution in [1.82, 2.24) is 9.88 Å². The second-order valence-electron chi connectivity index (χ2n) is 7.55. The van der Waals surface area contributed by atoms with Crippen molar-refractivity contribution in [2.75, 3.05) is 13.1 Å². The average Bonchev–Trinajstić information content (AvgIpc) is 3.42. The molecule has 7 heteroatoms. The molecule has 2 heterocycles. The van der Waals surface area contributed by atoms with Crippen LogP contribution in [-0.4, -0.2) is 39.1 Å². The Kier molecular flexibility index (Phi) is 6.27. The van der Waals surface area contributed by atoms with Gasteiger partial charge < -0.3 is 0 Å². The highest BCUT2D eigenvalue weighted by molar-refractivity contribution is 8.14. The second kappa shape index (κ2) is 8.90. The first-order valence-corrected chi connectivity index (χ1v) is 11.6. The maximum Gasteiger partial charge on any atom is 0.186 e. The van der Waals surface area contributed by atoms with E-state index in [4.69, 9.17) is 0 Å². The molecule has 2 atom stereocenters. The van der Waals surface area contributed by atoms with Gasteiger partial charge in [0.05, 0.1) is 6.04 Å². The van der Waals surface area contributed by atoms with Gasteiger partial charge in [-0.2, -0.15) is 0 Å². The van der Waals surface area contributed by atoms with Gasteiger partial charge in [0.25, 0.3) is 0 Å². The Morgan fingerprint density at radius 2 is 2.10 bits per heavy atom. The van der Waals surface area contributed by atoms with Crippen LogP contribution in [0.3, 0.4) is 0 Å². The minimum Gasteiger partial charge on any atom is -0.297 e. The number of aromatic nitrogens is 1. The lowest BCUT2D eigenvalue weighted by Gasteiger charge is -2.38. The fourth-order valence-electron chi connectivity index (χ4n) is 3.86. The predicted octanol–water partition coefficient (Wildman–Crippen LogP) is 4.74. The van der Waals surface area contributed by atoms with Gasteiger partial charge in [-0.05, 0) is 37.0 Å². The number of benzene rings is 1. The molecule has 0 radical (unpaired) electrons. The summed E-state index contributed by atoms with van der Waals surface area (Å²) in [6.07, 6.45) is 6.30. The van der Waals surface area contributed by atoms with E-state index in [-0.39, 0.29) is 27.9 Å².